The van der Waals surface area contributed by atoms with E-state index in [1.807, 2.05) is 61.5 Å². The lowest BCUT2D eigenvalue weighted by Gasteiger charge is -2.25. The number of carbonyl (C=O) groups excluding carboxylic acids is 1. The van der Waals surface area contributed by atoms with Crippen molar-refractivity contribution in [2.24, 2.45) is 5.41 Å². The molecule has 0 heterocycles. The Hall–Kier alpha value is -2.33. The van der Waals surface area contributed by atoms with Crippen LogP contribution in [0.3, 0.4) is 0 Å². The highest BCUT2D eigenvalue weighted by atomic mass is 16.5. The first-order chi connectivity index (χ1) is 12.5. The number of amides is 1. The van der Waals surface area contributed by atoms with Crippen molar-refractivity contribution in [3.8, 4) is 5.75 Å². The van der Waals surface area contributed by atoms with E-state index in [0.29, 0.717) is 13.2 Å². The summed E-state index contributed by atoms with van der Waals surface area (Å²) in [6, 6.07) is 17.7. The predicted molar refractivity (Wildman–Crippen MR) is 104 cm³/mol. The minimum Gasteiger partial charge on any atom is -0.493 e. The van der Waals surface area contributed by atoms with Gasteiger partial charge in [-0.3, -0.25) is 9.69 Å². The zero-order valence-corrected chi connectivity index (χ0v) is 15.9. The first-order valence-electron chi connectivity index (χ1n) is 9.18. The zero-order valence-electron chi connectivity index (χ0n) is 15.9. The molecule has 0 aliphatic heterocycles. The van der Waals surface area contributed by atoms with Crippen molar-refractivity contribution >= 4 is 5.91 Å². The molecule has 1 aliphatic carbocycles. The lowest BCUT2D eigenvalue weighted by molar-refractivity contribution is -0.126. The molecule has 0 saturated heterocycles. The Balaban J connectivity index is 1.57. The van der Waals surface area contributed by atoms with E-state index in [-0.39, 0.29) is 17.4 Å². The summed E-state index contributed by atoms with van der Waals surface area (Å²) in [6.45, 7) is 3.36. The van der Waals surface area contributed by atoms with E-state index in [0.717, 1.165) is 24.2 Å². The normalized spacial score (nSPS) is 16.2. The number of carbonyl (C=O) groups is 1. The van der Waals surface area contributed by atoms with Crippen molar-refractivity contribution in [2.45, 2.75) is 25.8 Å². The summed E-state index contributed by atoms with van der Waals surface area (Å²) in [4.78, 5) is 14.8. The van der Waals surface area contributed by atoms with Crippen LogP contribution in [0, 0.1) is 12.3 Å². The van der Waals surface area contributed by atoms with Crippen LogP contribution < -0.4 is 10.1 Å². The quantitative estimate of drug-likeness (QED) is 0.790. The molecule has 1 amide bonds. The van der Waals surface area contributed by atoms with Crippen LogP contribution >= 0.6 is 0 Å². The minimum absolute atomic E-state index is 0.0461. The van der Waals surface area contributed by atoms with Gasteiger partial charge in [0.1, 0.15) is 11.8 Å². The first kappa shape index (κ1) is 18.5. The van der Waals surface area contributed by atoms with E-state index in [9.17, 15) is 4.79 Å². The molecule has 0 spiro atoms. The molecule has 1 N–H and O–H groups in total. The number of rotatable bonds is 8. The van der Waals surface area contributed by atoms with Crippen LogP contribution in [0.4, 0.5) is 0 Å². The van der Waals surface area contributed by atoms with Crippen LogP contribution in [0.15, 0.2) is 54.6 Å². The maximum atomic E-state index is 12.8. The number of nitrogens with zero attached hydrogens (tertiary/aromatic N) is 1. The molecule has 4 heteroatoms. The van der Waals surface area contributed by atoms with Gasteiger partial charge in [0.15, 0.2) is 0 Å². The standard InChI is InChI=1S/C22H28N2O2/c1-17-9-11-18(12-10-17)20(24(2)3)21(25)23-15-22(13-14-22)16-26-19-7-5-4-6-8-19/h4-12,20H,13-16H2,1-3H3,(H,23,25)/t20-/m1/s1. The Morgan fingerprint density at radius 1 is 1.12 bits per heavy atom. The fourth-order valence-corrected chi connectivity index (χ4v) is 3.11. The van der Waals surface area contributed by atoms with Gasteiger partial charge < -0.3 is 10.1 Å². The monoisotopic (exact) mass is 352 g/mol. The Morgan fingerprint density at radius 3 is 2.35 bits per heavy atom. The van der Waals surface area contributed by atoms with Gasteiger partial charge in [-0.15, -0.1) is 0 Å². The molecule has 138 valence electrons. The van der Waals surface area contributed by atoms with E-state index in [4.69, 9.17) is 4.74 Å². The summed E-state index contributed by atoms with van der Waals surface area (Å²) in [5, 5.41) is 3.16. The van der Waals surface area contributed by atoms with Gasteiger partial charge in [-0.25, -0.2) is 0 Å². The summed E-state index contributed by atoms with van der Waals surface area (Å²) in [5.41, 5.74) is 2.29. The number of nitrogens with one attached hydrogen (secondary N) is 1. The van der Waals surface area contributed by atoms with E-state index in [2.05, 4.69) is 24.4 Å². The molecule has 3 rings (SSSR count). The van der Waals surface area contributed by atoms with Crippen molar-refractivity contribution < 1.29 is 9.53 Å². The number of ether oxygens (including phenoxy) is 1. The van der Waals surface area contributed by atoms with E-state index < -0.39 is 0 Å². The highest BCUT2D eigenvalue weighted by Crippen LogP contribution is 2.45. The van der Waals surface area contributed by atoms with Gasteiger partial charge in [-0.2, -0.15) is 0 Å². The number of likely N-dealkylation sites (N-methyl/N-ethyl adjacent to an activating group) is 1. The van der Waals surface area contributed by atoms with Crippen molar-refractivity contribution in [2.75, 3.05) is 27.2 Å². The smallest absolute Gasteiger partial charge is 0.241 e. The van der Waals surface area contributed by atoms with Crippen LogP contribution in [0.2, 0.25) is 0 Å². The van der Waals surface area contributed by atoms with Crippen LogP contribution in [-0.2, 0) is 4.79 Å². The van der Waals surface area contributed by atoms with Crippen LogP contribution in [0.25, 0.3) is 0 Å². The van der Waals surface area contributed by atoms with E-state index in [1.165, 1.54) is 5.56 Å². The maximum Gasteiger partial charge on any atom is 0.241 e. The third kappa shape index (κ3) is 4.64. The van der Waals surface area contributed by atoms with Crippen molar-refractivity contribution in [3.63, 3.8) is 0 Å². The minimum atomic E-state index is -0.276. The Bertz CT molecular complexity index is 722. The molecule has 1 saturated carbocycles. The van der Waals surface area contributed by atoms with E-state index >= 15 is 0 Å². The highest BCUT2D eigenvalue weighted by Gasteiger charge is 2.44. The summed E-state index contributed by atoms with van der Waals surface area (Å²) < 4.78 is 5.91. The van der Waals surface area contributed by atoms with Gasteiger partial charge in [0.25, 0.3) is 0 Å². The summed E-state index contributed by atoms with van der Waals surface area (Å²) in [6.07, 6.45) is 2.19. The summed E-state index contributed by atoms with van der Waals surface area (Å²) >= 11 is 0. The van der Waals surface area contributed by atoms with Crippen molar-refractivity contribution in [1.29, 1.82) is 0 Å². The van der Waals surface area contributed by atoms with Crippen LogP contribution in [0.5, 0.6) is 5.75 Å². The second kappa shape index (κ2) is 7.92. The molecule has 0 aromatic heterocycles. The third-order valence-electron chi connectivity index (χ3n) is 5.04. The molecule has 26 heavy (non-hydrogen) atoms. The lowest BCUT2D eigenvalue weighted by Crippen LogP contribution is -2.40. The molecular formula is C22H28N2O2. The van der Waals surface area contributed by atoms with Gasteiger partial charge in [0, 0.05) is 12.0 Å². The number of aryl methyl sites for hydroxylation is 1. The van der Waals surface area contributed by atoms with Crippen LogP contribution in [-0.4, -0.2) is 38.1 Å². The first-order valence-corrected chi connectivity index (χ1v) is 9.18. The SMILES string of the molecule is Cc1ccc([C@H](C(=O)NCC2(COc3ccccc3)CC2)N(C)C)cc1. The third-order valence-corrected chi connectivity index (χ3v) is 5.04. The number of hydrogen-bond acceptors (Lipinski definition) is 3. The van der Waals surface area contributed by atoms with Crippen LogP contribution in [0.1, 0.15) is 30.0 Å². The topological polar surface area (TPSA) is 41.6 Å². The van der Waals surface area contributed by atoms with E-state index in [1.54, 1.807) is 0 Å². The number of benzene rings is 2. The van der Waals surface area contributed by atoms with Gasteiger partial charge in [0.2, 0.25) is 5.91 Å². The van der Waals surface area contributed by atoms with Gasteiger partial charge >= 0.3 is 0 Å². The fraction of sp³-hybridized carbons (Fsp3) is 0.409. The Labute approximate surface area is 156 Å². The predicted octanol–water partition coefficient (Wildman–Crippen LogP) is 3.57. The van der Waals surface area contributed by atoms with Crippen molar-refractivity contribution in [1.82, 2.24) is 10.2 Å². The molecule has 1 aliphatic rings. The van der Waals surface area contributed by atoms with Gasteiger partial charge in [0.05, 0.1) is 6.61 Å². The highest BCUT2D eigenvalue weighted by molar-refractivity contribution is 5.83. The molecular weight excluding hydrogens is 324 g/mol. The largest absolute Gasteiger partial charge is 0.493 e. The molecule has 4 nitrogen and oxygen atoms in total. The molecule has 0 unspecified atom stereocenters. The molecule has 1 atom stereocenters. The van der Waals surface area contributed by atoms with Gasteiger partial charge in [-0.05, 0) is 51.6 Å². The number of para-hydroxylation sites is 1. The second-order valence-electron chi connectivity index (χ2n) is 7.60. The molecule has 0 bridgehead atoms. The Morgan fingerprint density at radius 2 is 1.77 bits per heavy atom. The molecule has 1 fully saturated rings. The molecule has 2 aromatic rings. The lowest BCUT2D eigenvalue weighted by atomic mass is 10.0. The average molecular weight is 352 g/mol. The molecule has 0 radical (unpaired) electrons. The summed E-state index contributed by atoms with van der Waals surface area (Å²) in [7, 11) is 3.88. The Kier molecular flexibility index (Phi) is 5.62. The fourth-order valence-electron chi connectivity index (χ4n) is 3.11. The maximum absolute atomic E-state index is 12.8. The summed E-state index contributed by atoms with van der Waals surface area (Å²) in [5.74, 6) is 0.931. The molecule has 2 aromatic carbocycles. The second-order valence-corrected chi connectivity index (χ2v) is 7.60. The van der Waals surface area contributed by atoms with Gasteiger partial charge in [-0.1, -0.05) is 48.0 Å². The zero-order chi connectivity index (χ0) is 18.6. The van der Waals surface area contributed by atoms with Crippen molar-refractivity contribution in [3.05, 3.63) is 65.7 Å². The number of hydrogen-bond donors (Lipinski definition) is 1. The average Bonchev–Trinajstić information content (AvgIpc) is 3.41.